The Labute approximate surface area is 118 Å². The maximum atomic E-state index is 12.0. The molecule has 0 saturated carbocycles. The van der Waals surface area contributed by atoms with Crippen molar-refractivity contribution in [2.75, 3.05) is 5.73 Å². The smallest absolute Gasteiger partial charge is 0.289 e. The largest absolute Gasteiger partial charge is 0.366 e. The van der Waals surface area contributed by atoms with E-state index in [1.54, 1.807) is 0 Å². The first-order valence-electron chi connectivity index (χ1n) is 5.65. The highest BCUT2D eigenvalue weighted by Gasteiger charge is 2.24. The predicted molar refractivity (Wildman–Crippen MR) is 75.4 cm³/mol. The van der Waals surface area contributed by atoms with Gasteiger partial charge in [-0.1, -0.05) is 28.1 Å². The summed E-state index contributed by atoms with van der Waals surface area (Å²) in [5.41, 5.74) is 5.82. The standard InChI is InChI=1S/C12H14BrN5O/c1-12(2,7-3-5-8(13)6-4-7)16-10(19)9-15-11(14)18-17-9/h3-6H,1-2H3,(H,16,19)(H3,14,15,17,18). The topological polar surface area (TPSA) is 96.7 Å². The molecule has 0 fully saturated rings. The van der Waals surface area contributed by atoms with E-state index in [1.165, 1.54) is 0 Å². The highest BCUT2D eigenvalue weighted by atomic mass is 79.9. The van der Waals surface area contributed by atoms with E-state index in [1.807, 2.05) is 38.1 Å². The first-order chi connectivity index (χ1) is 8.88. The van der Waals surface area contributed by atoms with Gasteiger partial charge in [-0.25, -0.2) is 0 Å². The number of nitrogens with one attached hydrogen (secondary N) is 2. The molecule has 4 N–H and O–H groups in total. The van der Waals surface area contributed by atoms with Crippen LogP contribution in [-0.4, -0.2) is 21.1 Å². The molecule has 1 heterocycles. The Morgan fingerprint density at radius 1 is 1.37 bits per heavy atom. The number of nitrogen functional groups attached to an aromatic ring is 1. The molecule has 0 unspecified atom stereocenters. The maximum absolute atomic E-state index is 12.0. The third-order valence-electron chi connectivity index (χ3n) is 2.71. The summed E-state index contributed by atoms with van der Waals surface area (Å²) in [5.74, 6) is -0.202. The fourth-order valence-electron chi connectivity index (χ4n) is 1.66. The normalized spacial score (nSPS) is 11.3. The molecule has 0 radical (unpaired) electrons. The van der Waals surface area contributed by atoms with Crippen LogP contribution in [-0.2, 0) is 5.54 Å². The van der Waals surface area contributed by atoms with Crippen LogP contribution < -0.4 is 11.1 Å². The number of aromatic nitrogens is 3. The van der Waals surface area contributed by atoms with Crippen molar-refractivity contribution in [3.05, 3.63) is 40.1 Å². The van der Waals surface area contributed by atoms with E-state index in [2.05, 4.69) is 36.4 Å². The third kappa shape index (κ3) is 3.11. The van der Waals surface area contributed by atoms with E-state index in [9.17, 15) is 4.79 Å². The first-order valence-corrected chi connectivity index (χ1v) is 6.44. The van der Waals surface area contributed by atoms with Gasteiger partial charge in [0.1, 0.15) is 0 Å². The predicted octanol–water partition coefficient (Wildman–Crippen LogP) is 1.81. The number of carbonyl (C=O) groups is 1. The molecule has 2 aromatic rings. The van der Waals surface area contributed by atoms with Crippen molar-refractivity contribution in [1.29, 1.82) is 0 Å². The summed E-state index contributed by atoms with van der Waals surface area (Å²) in [5, 5.41) is 8.99. The van der Waals surface area contributed by atoms with Crippen molar-refractivity contribution in [3.8, 4) is 0 Å². The molecule has 0 bridgehead atoms. The lowest BCUT2D eigenvalue weighted by Gasteiger charge is -2.26. The Hall–Kier alpha value is -1.89. The van der Waals surface area contributed by atoms with E-state index in [0.717, 1.165) is 10.0 Å². The molecule has 0 spiro atoms. The highest BCUT2D eigenvalue weighted by Crippen LogP contribution is 2.22. The van der Waals surface area contributed by atoms with E-state index in [0.29, 0.717) is 0 Å². The quantitative estimate of drug-likeness (QED) is 0.802. The van der Waals surface area contributed by atoms with Gasteiger partial charge in [-0.05, 0) is 31.5 Å². The van der Waals surface area contributed by atoms with Crippen molar-refractivity contribution in [3.63, 3.8) is 0 Å². The molecular weight excluding hydrogens is 310 g/mol. The van der Waals surface area contributed by atoms with Gasteiger partial charge < -0.3 is 11.1 Å². The second kappa shape index (κ2) is 5.00. The molecule has 100 valence electrons. The zero-order valence-corrected chi connectivity index (χ0v) is 12.2. The number of nitrogens with two attached hydrogens (primary N) is 1. The van der Waals surface area contributed by atoms with Crippen LogP contribution in [0, 0.1) is 0 Å². The number of aromatic amines is 1. The Kier molecular flexibility index (Phi) is 3.57. The van der Waals surface area contributed by atoms with Crippen molar-refractivity contribution in [1.82, 2.24) is 20.5 Å². The lowest BCUT2D eigenvalue weighted by Crippen LogP contribution is -2.41. The van der Waals surface area contributed by atoms with Crippen LogP contribution in [0.15, 0.2) is 28.7 Å². The number of hydrogen-bond acceptors (Lipinski definition) is 4. The molecule has 1 aromatic heterocycles. The van der Waals surface area contributed by atoms with Gasteiger partial charge in [0.2, 0.25) is 11.8 Å². The monoisotopic (exact) mass is 323 g/mol. The van der Waals surface area contributed by atoms with Crippen molar-refractivity contribution >= 4 is 27.8 Å². The van der Waals surface area contributed by atoms with Crippen molar-refractivity contribution < 1.29 is 4.79 Å². The van der Waals surface area contributed by atoms with Crippen molar-refractivity contribution in [2.24, 2.45) is 0 Å². The van der Waals surface area contributed by atoms with E-state index >= 15 is 0 Å². The SMILES string of the molecule is CC(C)(NC(=O)c1nc(N)n[nH]1)c1ccc(Br)cc1. The summed E-state index contributed by atoms with van der Waals surface area (Å²) in [6, 6.07) is 7.74. The lowest BCUT2D eigenvalue weighted by molar-refractivity contribution is 0.0902. The number of H-pyrrole nitrogens is 1. The lowest BCUT2D eigenvalue weighted by atomic mass is 9.94. The summed E-state index contributed by atoms with van der Waals surface area (Å²) in [6.07, 6.45) is 0. The average Bonchev–Trinajstić information content (AvgIpc) is 2.76. The highest BCUT2D eigenvalue weighted by molar-refractivity contribution is 9.10. The molecule has 0 saturated heterocycles. The van der Waals surface area contributed by atoms with Crippen LogP contribution >= 0.6 is 15.9 Å². The molecular formula is C12H14BrN5O. The molecule has 0 aliphatic heterocycles. The summed E-state index contributed by atoms with van der Waals surface area (Å²) < 4.78 is 0.987. The zero-order chi connectivity index (χ0) is 14.0. The number of halogens is 1. The van der Waals surface area contributed by atoms with Gasteiger partial charge in [0, 0.05) is 4.47 Å². The van der Waals surface area contributed by atoms with Crippen LogP contribution in [0.1, 0.15) is 30.0 Å². The number of anilines is 1. The van der Waals surface area contributed by atoms with E-state index in [4.69, 9.17) is 5.73 Å². The number of rotatable bonds is 3. The Morgan fingerprint density at radius 3 is 2.53 bits per heavy atom. The van der Waals surface area contributed by atoms with Gasteiger partial charge >= 0.3 is 0 Å². The molecule has 1 amide bonds. The van der Waals surface area contributed by atoms with Gasteiger partial charge in [-0.3, -0.25) is 9.89 Å². The number of benzene rings is 1. The second-order valence-corrected chi connectivity index (χ2v) is 5.54. The van der Waals surface area contributed by atoms with Crippen LogP contribution in [0.4, 0.5) is 5.95 Å². The first kappa shape index (κ1) is 13.5. The van der Waals surface area contributed by atoms with Gasteiger partial charge in [0.25, 0.3) is 5.91 Å². The number of nitrogens with zero attached hydrogens (tertiary/aromatic N) is 2. The fourth-order valence-corrected chi connectivity index (χ4v) is 1.92. The van der Waals surface area contributed by atoms with Gasteiger partial charge in [0.05, 0.1) is 5.54 Å². The molecule has 1 aromatic carbocycles. The summed E-state index contributed by atoms with van der Waals surface area (Å²) >= 11 is 3.38. The fraction of sp³-hybridized carbons (Fsp3) is 0.250. The molecule has 2 rings (SSSR count). The zero-order valence-electron chi connectivity index (χ0n) is 10.6. The second-order valence-electron chi connectivity index (χ2n) is 4.63. The third-order valence-corrected chi connectivity index (χ3v) is 3.24. The summed E-state index contributed by atoms with van der Waals surface area (Å²) in [6.45, 7) is 3.82. The number of hydrogen-bond donors (Lipinski definition) is 3. The van der Waals surface area contributed by atoms with Crippen LogP contribution in [0.5, 0.6) is 0 Å². The minimum atomic E-state index is -0.528. The molecule has 0 atom stereocenters. The molecule has 6 nitrogen and oxygen atoms in total. The molecule has 19 heavy (non-hydrogen) atoms. The van der Waals surface area contributed by atoms with E-state index < -0.39 is 5.54 Å². The van der Waals surface area contributed by atoms with Crippen LogP contribution in [0.25, 0.3) is 0 Å². The van der Waals surface area contributed by atoms with Gasteiger partial charge in [-0.2, -0.15) is 4.98 Å². The Balaban J connectivity index is 2.17. The van der Waals surface area contributed by atoms with Crippen LogP contribution in [0.3, 0.4) is 0 Å². The molecule has 7 heteroatoms. The minimum Gasteiger partial charge on any atom is -0.366 e. The minimum absolute atomic E-state index is 0.0478. The summed E-state index contributed by atoms with van der Waals surface area (Å²) in [7, 11) is 0. The van der Waals surface area contributed by atoms with Crippen LogP contribution in [0.2, 0.25) is 0 Å². The Bertz CT molecular complexity index is 590. The van der Waals surface area contributed by atoms with E-state index in [-0.39, 0.29) is 17.7 Å². The molecule has 0 aliphatic carbocycles. The maximum Gasteiger partial charge on any atom is 0.289 e. The average molecular weight is 324 g/mol. The Morgan fingerprint density at radius 2 is 2.00 bits per heavy atom. The summed E-state index contributed by atoms with van der Waals surface area (Å²) in [4.78, 5) is 15.8. The van der Waals surface area contributed by atoms with Gasteiger partial charge in [0.15, 0.2) is 0 Å². The number of amides is 1. The molecule has 0 aliphatic rings. The van der Waals surface area contributed by atoms with Gasteiger partial charge in [-0.15, -0.1) is 5.10 Å². The van der Waals surface area contributed by atoms with Crippen molar-refractivity contribution in [2.45, 2.75) is 19.4 Å². The number of carbonyl (C=O) groups excluding carboxylic acids is 1.